The maximum Gasteiger partial charge on any atom is 0.0726 e. The van der Waals surface area contributed by atoms with Gasteiger partial charge in [-0.3, -0.25) is 10.8 Å². The van der Waals surface area contributed by atoms with E-state index in [0.29, 0.717) is 5.92 Å². The summed E-state index contributed by atoms with van der Waals surface area (Å²) in [6.07, 6.45) is 3.55. The third kappa shape index (κ3) is 1.87. The third-order valence-corrected chi connectivity index (χ3v) is 3.45. The molecule has 2 aromatic rings. The Kier molecular flexibility index (Phi) is 2.48. The van der Waals surface area contributed by atoms with Gasteiger partial charge in [-0.05, 0) is 43.0 Å². The van der Waals surface area contributed by atoms with E-state index in [0.717, 1.165) is 23.0 Å². The second kappa shape index (κ2) is 4.00. The van der Waals surface area contributed by atoms with Crippen molar-refractivity contribution in [2.24, 2.45) is 5.84 Å². The number of nitrogens with zero attached hydrogens (tertiary/aromatic N) is 1. The van der Waals surface area contributed by atoms with Gasteiger partial charge in [-0.15, -0.1) is 0 Å². The van der Waals surface area contributed by atoms with Crippen LogP contribution in [0, 0.1) is 0 Å². The van der Waals surface area contributed by atoms with E-state index in [2.05, 4.69) is 36.6 Å². The van der Waals surface area contributed by atoms with Crippen molar-refractivity contribution in [1.29, 1.82) is 0 Å². The lowest BCUT2D eigenvalue weighted by Gasteiger charge is -2.09. The van der Waals surface area contributed by atoms with Crippen LogP contribution in [0.5, 0.6) is 0 Å². The molecule has 1 aromatic carbocycles. The lowest BCUT2D eigenvalue weighted by Crippen LogP contribution is -2.08. The molecule has 3 nitrogen and oxygen atoms in total. The van der Waals surface area contributed by atoms with Crippen molar-refractivity contribution in [3.05, 3.63) is 35.5 Å². The van der Waals surface area contributed by atoms with E-state index in [9.17, 15) is 0 Å². The molecule has 1 aromatic heterocycles. The van der Waals surface area contributed by atoms with Crippen molar-refractivity contribution in [3.8, 4) is 0 Å². The summed E-state index contributed by atoms with van der Waals surface area (Å²) in [5.74, 6) is 6.27. The first-order valence-electron chi connectivity index (χ1n) is 6.22. The Labute approximate surface area is 101 Å². The number of fused-ring (bicyclic) bond motifs is 1. The molecular weight excluding hydrogens is 210 g/mol. The van der Waals surface area contributed by atoms with Crippen molar-refractivity contribution in [2.45, 2.75) is 32.1 Å². The molecule has 0 aliphatic heterocycles. The number of anilines is 1. The normalized spacial score (nSPS) is 15.2. The second-order valence-electron chi connectivity index (χ2n) is 4.72. The quantitative estimate of drug-likeness (QED) is 0.626. The van der Waals surface area contributed by atoms with Gasteiger partial charge in [0, 0.05) is 17.0 Å². The number of aromatic nitrogens is 1. The van der Waals surface area contributed by atoms with Crippen molar-refractivity contribution in [3.63, 3.8) is 0 Å². The van der Waals surface area contributed by atoms with Gasteiger partial charge in [0.2, 0.25) is 0 Å². The van der Waals surface area contributed by atoms with E-state index < -0.39 is 0 Å². The summed E-state index contributed by atoms with van der Waals surface area (Å²) in [6.45, 7) is 2.16. The van der Waals surface area contributed by atoms with Crippen LogP contribution in [0.1, 0.15) is 36.9 Å². The maximum atomic E-state index is 5.62. The van der Waals surface area contributed by atoms with Crippen LogP contribution in [-0.4, -0.2) is 4.98 Å². The van der Waals surface area contributed by atoms with Gasteiger partial charge in [-0.1, -0.05) is 13.0 Å². The molecule has 3 N–H and O–H groups in total. The van der Waals surface area contributed by atoms with Gasteiger partial charge < -0.3 is 5.43 Å². The Hall–Kier alpha value is -1.61. The standard InChI is InChI=1S/C14H17N3/c1-2-9-3-6-12-11(7-9)14(17-15)8-13(16-12)10-4-5-10/h3,6-8,10H,2,4-5,15H2,1H3,(H,16,17). The zero-order valence-corrected chi connectivity index (χ0v) is 10.0. The first kappa shape index (κ1) is 10.5. The Morgan fingerprint density at radius 3 is 2.82 bits per heavy atom. The lowest BCUT2D eigenvalue weighted by atomic mass is 10.1. The molecule has 0 atom stereocenters. The zero-order chi connectivity index (χ0) is 11.8. The molecule has 3 rings (SSSR count). The molecule has 1 saturated carbocycles. The van der Waals surface area contributed by atoms with Crippen LogP contribution in [0.3, 0.4) is 0 Å². The summed E-state index contributed by atoms with van der Waals surface area (Å²) in [6, 6.07) is 8.51. The van der Waals surface area contributed by atoms with Gasteiger partial charge in [0.1, 0.15) is 0 Å². The number of nitrogens with one attached hydrogen (secondary N) is 1. The number of hydrogen-bond acceptors (Lipinski definition) is 3. The van der Waals surface area contributed by atoms with Gasteiger partial charge in [0.15, 0.2) is 0 Å². The molecule has 1 heterocycles. The highest BCUT2D eigenvalue weighted by atomic mass is 15.2. The Morgan fingerprint density at radius 1 is 1.35 bits per heavy atom. The van der Waals surface area contributed by atoms with Crippen LogP contribution in [0.4, 0.5) is 5.69 Å². The molecule has 1 fully saturated rings. The van der Waals surface area contributed by atoms with Gasteiger partial charge in [0.25, 0.3) is 0 Å². The number of nitrogens with two attached hydrogens (primary N) is 1. The van der Waals surface area contributed by atoms with Crippen LogP contribution in [0.25, 0.3) is 10.9 Å². The molecule has 3 heteroatoms. The minimum atomic E-state index is 0.650. The third-order valence-electron chi connectivity index (χ3n) is 3.45. The number of nitrogen functional groups attached to an aromatic ring is 1. The summed E-state index contributed by atoms with van der Waals surface area (Å²) in [4.78, 5) is 4.73. The smallest absolute Gasteiger partial charge is 0.0726 e. The Balaban J connectivity index is 2.20. The molecule has 0 spiro atoms. The van der Waals surface area contributed by atoms with Crippen molar-refractivity contribution >= 4 is 16.6 Å². The summed E-state index contributed by atoms with van der Waals surface area (Å²) < 4.78 is 0. The molecule has 0 amide bonds. The first-order valence-corrected chi connectivity index (χ1v) is 6.22. The van der Waals surface area contributed by atoms with E-state index in [1.54, 1.807) is 0 Å². The molecule has 1 aliphatic rings. The highest BCUT2D eigenvalue weighted by molar-refractivity contribution is 5.91. The summed E-state index contributed by atoms with van der Waals surface area (Å²) >= 11 is 0. The highest BCUT2D eigenvalue weighted by Crippen LogP contribution is 2.41. The van der Waals surface area contributed by atoms with Crippen molar-refractivity contribution in [2.75, 3.05) is 5.43 Å². The molecule has 0 radical (unpaired) electrons. The predicted molar refractivity (Wildman–Crippen MR) is 70.9 cm³/mol. The Morgan fingerprint density at radius 2 is 2.18 bits per heavy atom. The molecular formula is C14H17N3. The zero-order valence-electron chi connectivity index (χ0n) is 10.0. The van der Waals surface area contributed by atoms with E-state index in [-0.39, 0.29) is 0 Å². The fourth-order valence-corrected chi connectivity index (χ4v) is 2.22. The fourth-order valence-electron chi connectivity index (χ4n) is 2.22. The largest absolute Gasteiger partial charge is 0.323 e. The van der Waals surface area contributed by atoms with Crippen LogP contribution in [0.2, 0.25) is 0 Å². The molecule has 88 valence electrons. The first-order chi connectivity index (χ1) is 8.31. The number of rotatable bonds is 3. The number of hydrazine groups is 1. The molecule has 0 saturated heterocycles. The number of hydrogen-bond donors (Lipinski definition) is 2. The van der Waals surface area contributed by atoms with E-state index >= 15 is 0 Å². The molecule has 1 aliphatic carbocycles. The maximum absolute atomic E-state index is 5.62. The summed E-state index contributed by atoms with van der Waals surface area (Å²) in [5.41, 5.74) is 7.33. The minimum absolute atomic E-state index is 0.650. The van der Waals surface area contributed by atoms with Gasteiger partial charge in [0.05, 0.1) is 11.2 Å². The predicted octanol–water partition coefficient (Wildman–Crippen LogP) is 2.96. The van der Waals surface area contributed by atoms with Gasteiger partial charge in [-0.25, -0.2) is 0 Å². The fraction of sp³-hybridized carbons (Fsp3) is 0.357. The van der Waals surface area contributed by atoms with Crippen molar-refractivity contribution < 1.29 is 0 Å². The average Bonchev–Trinajstić information content (AvgIpc) is 3.21. The van der Waals surface area contributed by atoms with Crippen LogP contribution in [0.15, 0.2) is 24.3 Å². The topological polar surface area (TPSA) is 50.9 Å². The van der Waals surface area contributed by atoms with E-state index in [1.165, 1.54) is 24.1 Å². The summed E-state index contributed by atoms with van der Waals surface area (Å²) in [5, 5.41) is 1.12. The molecule has 17 heavy (non-hydrogen) atoms. The summed E-state index contributed by atoms with van der Waals surface area (Å²) in [7, 11) is 0. The molecule has 0 bridgehead atoms. The van der Waals surface area contributed by atoms with Crippen LogP contribution in [-0.2, 0) is 6.42 Å². The number of pyridine rings is 1. The van der Waals surface area contributed by atoms with Crippen LogP contribution >= 0.6 is 0 Å². The minimum Gasteiger partial charge on any atom is -0.323 e. The van der Waals surface area contributed by atoms with Crippen LogP contribution < -0.4 is 11.3 Å². The van der Waals surface area contributed by atoms with Gasteiger partial charge in [-0.2, -0.15) is 0 Å². The SMILES string of the molecule is CCc1ccc2nc(C3CC3)cc(NN)c2c1. The van der Waals surface area contributed by atoms with E-state index in [1.807, 2.05) is 0 Å². The second-order valence-corrected chi connectivity index (χ2v) is 4.72. The monoisotopic (exact) mass is 227 g/mol. The highest BCUT2D eigenvalue weighted by Gasteiger charge is 2.25. The van der Waals surface area contributed by atoms with E-state index in [4.69, 9.17) is 10.8 Å². The number of aryl methyl sites for hydroxylation is 1. The molecule has 0 unspecified atom stereocenters. The Bertz CT molecular complexity index is 559. The van der Waals surface area contributed by atoms with Gasteiger partial charge >= 0.3 is 0 Å². The number of benzene rings is 1. The lowest BCUT2D eigenvalue weighted by molar-refractivity contribution is 1.04. The van der Waals surface area contributed by atoms with Crippen molar-refractivity contribution in [1.82, 2.24) is 4.98 Å². The average molecular weight is 227 g/mol.